The first-order valence-electron chi connectivity index (χ1n) is 24.9. The molecule has 12 rings (SSSR count). The summed E-state index contributed by atoms with van der Waals surface area (Å²) in [4.78, 5) is 23.7. The predicted molar refractivity (Wildman–Crippen MR) is 303 cm³/mol. The van der Waals surface area contributed by atoms with E-state index >= 15 is 0 Å². The van der Waals surface area contributed by atoms with Gasteiger partial charge in [-0.1, -0.05) is 145 Å². The fourth-order valence-corrected chi connectivity index (χ4v) is 9.75. The number of rotatable bonds is 12. The van der Waals surface area contributed by atoms with Crippen molar-refractivity contribution in [2.75, 3.05) is 0 Å². The van der Waals surface area contributed by atoms with Crippen LogP contribution in [0.2, 0.25) is 0 Å². The minimum atomic E-state index is -0.422. The summed E-state index contributed by atoms with van der Waals surface area (Å²) in [5, 5.41) is 0. The molecule has 0 bridgehead atoms. The summed E-state index contributed by atoms with van der Waals surface area (Å²) < 4.78 is 0. The fraction of sp³-hybridized carbons (Fsp3) is 0.0429. The second kappa shape index (κ2) is 23.3. The Hall–Kier alpha value is -8.37. The first-order chi connectivity index (χ1) is 36.9. The Kier molecular flexibility index (Phi) is 15.7. The first kappa shape index (κ1) is 52.1. The second-order valence-electron chi connectivity index (χ2n) is 18.9. The summed E-state index contributed by atoms with van der Waals surface area (Å²) >= 11 is 0. The molecule has 0 aliphatic rings. The maximum atomic E-state index is 4.98. The molecule has 4 heterocycles. The van der Waals surface area contributed by atoms with Gasteiger partial charge in [0.2, 0.25) is 0 Å². The average molecular weight is 1340 g/mol. The zero-order valence-corrected chi connectivity index (χ0v) is 46.6. The van der Waals surface area contributed by atoms with E-state index in [0.717, 1.165) is 112 Å². The summed E-state index contributed by atoms with van der Waals surface area (Å²) in [6.07, 6.45) is 9.26. The Bertz CT molecular complexity index is 3800. The average Bonchev–Trinajstić information content (AvgIpc) is 3.52. The monoisotopic (exact) mass is 1340 g/mol. The van der Waals surface area contributed by atoms with Crippen LogP contribution in [0.4, 0.5) is 0 Å². The van der Waals surface area contributed by atoms with E-state index in [2.05, 4.69) is 205 Å². The van der Waals surface area contributed by atoms with Crippen molar-refractivity contribution >= 4 is 0 Å². The van der Waals surface area contributed by atoms with E-state index in [9.17, 15) is 0 Å². The van der Waals surface area contributed by atoms with E-state index in [1.165, 1.54) is 0 Å². The Labute approximate surface area is 478 Å². The van der Waals surface area contributed by atoms with Crippen molar-refractivity contribution in [3.05, 3.63) is 285 Å². The Morgan fingerprint density at radius 2 is 0.766 bits per heavy atom. The van der Waals surface area contributed by atoms with Crippen LogP contribution in [0.1, 0.15) is 25.0 Å². The molecule has 5 nitrogen and oxygen atoms in total. The Balaban J connectivity index is 0.00000336. The molecule has 0 radical (unpaired) electrons. The minimum Gasteiger partial charge on any atom is -0.332 e. The van der Waals surface area contributed by atoms with Crippen molar-refractivity contribution in [1.29, 1.82) is 0 Å². The molecule has 8 aromatic carbocycles. The van der Waals surface area contributed by atoms with Crippen LogP contribution >= 0.6 is 0 Å². The van der Waals surface area contributed by atoms with Crippen LogP contribution in [0, 0.1) is 30.3 Å². The quantitative estimate of drug-likeness (QED) is 0.114. The summed E-state index contributed by atoms with van der Waals surface area (Å²) in [7, 11) is 0. The van der Waals surface area contributed by atoms with Gasteiger partial charge in [-0.2, -0.15) is 0 Å². The largest absolute Gasteiger partial charge is 3.00 e. The first-order valence-corrected chi connectivity index (χ1v) is 24.9. The van der Waals surface area contributed by atoms with E-state index in [-0.39, 0.29) is 41.2 Å². The number of benzene rings is 8. The summed E-state index contributed by atoms with van der Waals surface area (Å²) in [5.41, 5.74) is 20.5. The molecule has 370 valence electrons. The molecule has 0 aliphatic heterocycles. The van der Waals surface area contributed by atoms with Crippen LogP contribution in [-0.4, -0.2) is 24.9 Å². The van der Waals surface area contributed by atoms with Gasteiger partial charge in [0.15, 0.2) is 0 Å². The van der Waals surface area contributed by atoms with Crippen LogP contribution in [0.5, 0.6) is 0 Å². The van der Waals surface area contributed by atoms with Gasteiger partial charge >= 0.3 is 41.2 Å². The molecule has 0 amide bonds. The molecular formula is C70H46IrN5Pt. The van der Waals surface area contributed by atoms with Gasteiger partial charge < -0.3 is 24.9 Å². The van der Waals surface area contributed by atoms with Crippen LogP contribution in [0.15, 0.2) is 243 Å². The Morgan fingerprint density at radius 3 is 1.19 bits per heavy atom. The van der Waals surface area contributed by atoms with Crippen LogP contribution in [0.25, 0.3) is 112 Å². The minimum absolute atomic E-state index is 0. The molecule has 0 fully saturated rings. The standard InChI is InChI=1S/C70H46N5.Ir.Pt/c1-70(2,58-19-15-17-52(44-58)68-29-11-14-40-73-68)59-20-16-18-53(45-59)69-74-46-57(47-75-69)65-26-8-7-25-64(65)56-42-54(62-23-5-3-21-60(62)48-30-34-50(35-31-48)66-27-9-12-38-71-66)41-55(43-56)63-24-6-4-22-61(63)49-32-36-51(37-33-49)67-28-10-13-39-72-67;;/h3-17,19-34,36,38-43,46-47H,1-2H3;;/q-5;+3;+2. The van der Waals surface area contributed by atoms with Crippen LogP contribution in [0.3, 0.4) is 0 Å². The van der Waals surface area contributed by atoms with Crippen molar-refractivity contribution in [1.82, 2.24) is 24.9 Å². The number of pyridine rings is 3. The maximum Gasteiger partial charge on any atom is 3.00 e. The third-order valence-corrected chi connectivity index (χ3v) is 13.8. The smallest absolute Gasteiger partial charge is 0.332 e. The van der Waals surface area contributed by atoms with E-state index in [1.54, 1.807) is 0 Å². The molecule has 0 aliphatic carbocycles. The van der Waals surface area contributed by atoms with Crippen LogP contribution in [-0.2, 0) is 46.6 Å². The molecule has 0 saturated carbocycles. The second-order valence-corrected chi connectivity index (χ2v) is 18.9. The number of aromatic nitrogens is 5. The topological polar surface area (TPSA) is 64.5 Å². The predicted octanol–water partition coefficient (Wildman–Crippen LogP) is 16.7. The molecule has 7 heteroatoms. The number of hydrogen-bond donors (Lipinski definition) is 0. The molecule has 77 heavy (non-hydrogen) atoms. The molecule has 0 unspecified atom stereocenters. The molecule has 0 N–H and O–H groups in total. The van der Waals surface area contributed by atoms with Gasteiger partial charge in [-0.05, 0) is 104 Å². The van der Waals surface area contributed by atoms with Gasteiger partial charge in [0.05, 0.1) is 0 Å². The van der Waals surface area contributed by atoms with Crippen molar-refractivity contribution in [2.45, 2.75) is 19.3 Å². The third-order valence-electron chi connectivity index (χ3n) is 13.8. The van der Waals surface area contributed by atoms with Gasteiger partial charge in [-0.15, -0.1) is 95.1 Å². The number of nitrogens with zero attached hydrogens (tertiary/aromatic N) is 5. The van der Waals surface area contributed by atoms with Crippen molar-refractivity contribution in [2.24, 2.45) is 0 Å². The zero-order valence-electron chi connectivity index (χ0n) is 42.0. The normalized spacial score (nSPS) is 11.0. The van der Waals surface area contributed by atoms with Crippen LogP contribution < -0.4 is 0 Å². The SMILES string of the molecule is CC(C)(c1[c-]c(-c2ncc(-c3ccccc3-c3cc(-c4ccccc4-c4c[c-]c(-c5ccccn5)cc4)cc(-c4ccccc4-c4c[c-]c(-c5ccccn5)cc4)c3)cn2)[c-]cc1)c1[c-]c(-c2ccccn2)ccc1.[Ir+3].[Pt+2]. The zero-order chi connectivity index (χ0) is 50.6. The van der Waals surface area contributed by atoms with Gasteiger partial charge in [-0.25, -0.2) is 23.3 Å². The summed E-state index contributed by atoms with van der Waals surface area (Å²) in [5.74, 6) is 0.549. The Morgan fingerprint density at radius 1 is 0.351 bits per heavy atom. The fourth-order valence-electron chi connectivity index (χ4n) is 9.75. The summed E-state index contributed by atoms with van der Waals surface area (Å²) in [6.45, 7) is 4.38. The molecule has 0 atom stereocenters. The molecule has 12 aromatic rings. The number of hydrogen-bond acceptors (Lipinski definition) is 5. The van der Waals surface area contributed by atoms with Crippen molar-refractivity contribution in [3.63, 3.8) is 0 Å². The van der Waals surface area contributed by atoms with E-state index < -0.39 is 5.41 Å². The van der Waals surface area contributed by atoms with E-state index in [1.807, 2.05) is 97.7 Å². The van der Waals surface area contributed by atoms with Crippen molar-refractivity contribution < 1.29 is 41.2 Å². The molecule has 0 spiro atoms. The maximum absolute atomic E-state index is 4.98. The van der Waals surface area contributed by atoms with Gasteiger partial charge in [0.25, 0.3) is 0 Å². The molecule has 0 saturated heterocycles. The summed E-state index contributed by atoms with van der Waals surface area (Å²) in [6, 6.07) is 91.0. The van der Waals surface area contributed by atoms with Crippen molar-refractivity contribution in [3.8, 4) is 112 Å². The van der Waals surface area contributed by atoms with E-state index in [4.69, 9.17) is 9.97 Å². The van der Waals surface area contributed by atoms with Gasteiger partial charge in [0, 0.05) is 36.5 Å². The van der Waals surface area contributed by atoms with Gasteiger partial charge in [-0.3, -0.25) is 12.1 Å². The third kappa shape index (κ3) is 11.0. The van der Waals surface area contributed by atoms with E-state index in [0.29, 0.717) is 11.4 Å². The molecule has 4 aromatic heterocycles. The molecular weight excluding hydrogens is 1300 g/mol. The van der Waals surface area contributed by atoms with Gasteiger partial charge in [0.1, 0.15) is 0 Å².